The fourth-order valence-corrected chi connectivity index (χ4v) is 6.21. The lowest BCUT2D eigenvalue weighted by Gasteiger charge is -2.18. The van der Waals surface area contributed by atoms with Gasteiger partial charge in [-0.05, 0) is 48.7 Å². The van der Waals surface area contributed by atoms with Crippen molar-refractivity contribution in [3.63, 3.8) is 0 Å². The molecule has 0 amide bonds. The van der Waals surface area contributed by atoms with Gasteiger partial charge in [0.05, 0.1) is 29.7 Å². The third kappa shape index (κ3) is 3.87. The van der Waals surface area contributed by atoms with Crippen molar-refractivity contribution in [3.05, 3.63) is 82.4 Å². The van der Waals surface area contributed by atoms with E-state index in [2.05, 4.69) is 4.98 Å². The summed E-state index contributed by atoms with van der Waals surface area (Å²) in [5.74, 6) is -0.198. The molecule has 33 heavy (non-hydrogen) atoms. The smallest absolute Gasteiger partial charge is 0.262 e. The molecular formula is C24H21N3O4S2. The third-order valence-corrected chi connectivity index (χ3v) is 8.72. The average molecular weight is 480 g/mol. The summed E-state index contributed by atoms with van der Waals surface area (Å²) in [6.45, 7) is 1.86. The van der Waals surface area contributed by atoms with E-state index in [1.807, 2.05) is 36.4 Å². The third-order valence-electron chi connectivity index (χ3n) is 5.85. The highest BCUT2D eigenvalue weighted by atomic mass is 32.2. The predicted molar refractivity (Wildman–Crippen MR) is 131 cm³/mol. The van der Waals surface area contributed by atoms with E-state index in [9.17, 15) is 18.0 Å². The molecule has 0 atom stereocenters. The van der Waals surface area contributed by atoms with Gasteiger partial charge in [-0.15, -0.1) is 11.3 Å². The number of Topliss-reactive ketones (excluding diaryl/α,β-unsaturated/α-hetero) is 1. The first-order chi connectivity index (χ1) is 15.9. The molecule has 0 radical (unpaired) electrons. The van der Waals surface area contributed by atoms with E-state index >= 15 is 0 Å². The topological polar surface area (TPSA) is 89.3 Å². The van der Waals surface area contributed by atoms with Crippen LogP contribution in [0, 0.1) is 0 Å². The Bertz CT molecular complexity index is 1540. The van der Waals surface area contributed by atoms with E-state index in [0.29, 0.717) is 34.4 Å². The molecule has 0 aliphatic carbocycles. The molecule has 0 unspecified atom stereocenters. The van der Waals surface area contributed by atoms with E-state index < -0.39 is 10.0 Å². The summed E-state index contributed by atoms with van der Waals surface area (Å²) in [4.78, 5) is 31.9. The number of anilines is 1. The zero-order chi connectivity index (χ0) is 23.2. The van der Waals surface area contributed by atoms with E-state index in [1.54, 1.807) is 25.1 Å². The molecule has 0 bridgehead atoms. The lowest BCUT2D eigenvalue weighted by atomic mass is 10.1. The standard InChI is InChI=1S/C24H21N3O4S2/c1-2-33(30,31)27-11-10-17-12-18(8-9-20(17)27)21(28)14-26-15-25-23-19(24(26)29)13-22(32-23)16-6-4-3-5-7-16/h3-9,12-13,15H,2,10-11,14H2,1H3. The van der Waals surface area contributed by atoms with Gasteiger partial charge in [0.15, 0.2) is 5.78 Å². The molecular weight excluding hydrogens is 458 g/mol. The Morgan fingerprint density at radius 3 is 2.67 bits per heavy atom. The second-order valence-electron chi connectivity index (χ2n) is 7.86. The number of nitrogens with zero attached hydrogens (tertiary/aromatic N) is 3. The van der Waals surface area contributed by atoms with Crippen molar-refractivity contribution in [2.75, 3.05) is 16.6 Å². The van der Waals surface area contributed by atoms with Crippen molar-refractivity contribution < 1.29 is 13.2 Å². The van der Waals surface area contributed by atoms with Crippen LogP contribution in [0.1, 0.15) is 22.8 Å². The molecule has 7 nitrogen and oxygen atoms in total. The number of benzene rings is 2. The minimum absolute atomic E-state index is 0.0279. The highest BCUT2D eigenvalue weighted by molar-refractivity contribution is 7.92. The van der Waals surface area contributed by atoms with E-state index in [4.69, 9.17) is 0 Å². The summed E-state index contributed by atoms with van der Waals surface area (Å²) in [5.41, 5.74) is 2.66. The van der Waals surface area contributed by atoms with Crippen LogP contribution in [0.25, 0.3) is 20.7 Å². The molecule has 0 saturated heterocycles. The van der Waals surface area contributed by atoms with Crippen LogP contribution in [0.2, 0.25) is 0 Å². The van der Waals surface area contributed by atoms with Crippen LogP contribution in [0.15, 0.2) is 65.7 Å². The number of sulfonamides is 1. The Hall–Kier alpha value is -3.30. The van der Waals surface area contributed by atoms with Gasteiger partial charge in [0.1, 0.15) is 4.83 Å². The number of rotatable bonds is 6. The fourth-order valence-electron chi connectivity index (χ4n) is 4.05. The summed E-state index contributed by atoms with van der Waals surface area (Å²) in [7, 11) is -3.34. The largest absolute Gasteiger partial charge is 0.292 e. The fraction of sp³-hybridized carbons (Fsp3) is 0.208. The minimum Gasteiger partial charge on any atom is -0.292 e. The van der Waals surface area contributed by atoms with Crippen LogP contribution in [-0.2, 0) is 23.0 Å². The first kappa shape index (κ1) is 21.5. The van der Waals surface area contributed by atoms with Gasteiger partial charge in [-0.25, -0.2) is 13.4 Å². The van der Waals surface area contributed by atoms with Gasteiger partial charge in [-0.1, -0.05) is 30.3 Å². The van der Waals surface area contributed by atoms with Gasteiger partial charge in [-0.2, -0.15) is 0 Å². The van der Waals surface area contributed by atoms with E-state index in [-0.39, 0.29) is 23.6 Å². The zero-order valence-electron chi connectivity index (χ0n) is 17.9. The number of hydrogen-bond acceptors (Lipinski definition) is 6. The van der Waals surface area contributed by atoms with Crippen LogP contribution in [0.5, 0.6) is 0 Å². The molecule has 4 aromatic rings. The van der Waals surface area contributed by atoms with Crippen LogP contribution in [0.3, 0.4) is 0 Å². The number of ketones is 1. The molecule has 1 aliphatic rings. The maximum atomic E-state index is 13.0. The molecule has 2 aromatic carbocycles. The summed E-state index contributed by atoms with van der Waals surface area (Å²) >= 11 is 1.44. The van der Waals surface area contributed by atoms with Crippen LogP contribution in [0.4, 0.5) is 5.69 Å². The number of aromatic nitrogens is 2. The second-order valence-corrected chi connectivity index (χ2v) is 11.1. The van der Waals surface area contributed by atoms with Gasteiger partial charge in [0.25, 0.3) is 5.56 Å². The monoisotopic (exact) mass is 479 g/mol. The summed E-state index contributed by atoms with van der Waals surface area (Å²) < 4.78 is 27.3. The SMILES string of the molecule is CCS(=O)(=O)N1CCc2cc(C(=O)Cn3cnc4sc(-c5ccccc5)cc4c3=O)ccc21. The Kier molecular flexibility index (Phi) is 5.38. The van der Waals surface area contributed by atoms with Crippen molar-refractivity contribution in [1.82, 2.24) is 9.55 Å². The summed E-state index contributed by atoms with van der Waals surface area (Å²) in [6.07, 6.45) is 1.97. The van der Waals surface area contributed by atoms with Gasteiger partial charge in [0.2, 0.25) is 10.0 Å². The molecule has 0 N–H and O–H groups in total. The number of fused-ring (bicyclic) bond motifs is 2. The second kappa shape index (κ2) is 8.24. The van der Waals surface area contributed by atoms with Crippen molar-refractivity contribution in [2.45, 2.75) is 19.9 Å². The van der Waals surface area contributed by atoms with Gasteiger partial charge in [0, 0.05) is 17.0 Å². The van der Waals surface area contributed by atoms with Gasteiger partial charge < -0.3 is 0 Å². The maximum Gasteiger partial charge on any atom is 0.262 e. The van der Waals surface area contributed by atoms with E-state index in [1.165, 1.54) is 26.5 Å². The molecule has 5 rings (SSSR count). The lowest BCUT2D eigenvalue weighted by Crippen LogP contribution is -2.30. The molecule has 0 spiro atoms. The van der Waals surface area contributed by atoms with Crippen molar-refractivity contribution >= 4 is 43.0 Å². The predicted octanol–water partition coefficient (Wildman–Crippen LogP) is 3.72. The summed E-state index contributed by atoms with van der Waals surface area (Å²) in [5, 5.41) is 0.489. The number of hydrogen-bond donors (Lipinski definition) is 0. The van der Waals surface area contributed by atoms with Crippen LogP contribution in [-0.4, -0.2) is 36.0 Å². The van der Waals surface area contributed by atoms with Gasteiger partial charge >= 0.3 is 0 Å². The molecule has 0 saturated carbocycles. The first-order valence-corrected chi connectivity index (χ1v) is 13.0. The number of carbonyl (C=O) groups is 1. The molecule has 168 valence electrons. The average Bonchev–Trinajstić information content (AvgIpc) is 3.46. The molecule has 9 heteroatoms. The van der Waals surface area contributed by atoms with E-state index in [0.717, 1.165) is 16.0 Å². The number of thiophene rings is 1. The maximum absolute atomic E-state index is 13.0. The molecule has 2 aromatic heterocycles. The van der Waals surface area contributed by atoms with Crippen LogP contribution < -0.4 is 9.86 Å². The first-order valence-electron chi connectivity index (χ1n) is 10.6. The van der Waals surface area contributed by atoms with Gasteiger partial charge in [-0.3, -0.25) is 18.5 Å². The zero-order valence-corrected chi connectivity index (χ0v) is 19.5. The van der Waals surface area contributed by atoms with Crippen molar-refractivity contribution in [3.8, 4) is 10.4 Å². The Morgan fingerprint density at radius 1 is 1.12 bits per heavy atom. The van der Waals surface area contributed by atoms with Crippen LogP contribution >= 0.6 is 11.3 Å². The quantitative estimate of drug-likeness (QED) is 0.393. The lowest BCUT2D eigenvalue weighted by molar-refractivity contribution is 0.0970. The van der Waals surface area contributed by atoms with Crippen molar-refractivity contribution in [1.29, 1.82) is 0 Å². The summed E-state index contributed by atoms with van der Waals surface area (Å²) in [6, 6.07) is 16.6. The Labute approximate surface area is 195 Å². The normalized spacial score (nSPS) is 13.4. The highest BCUT2D eigenvalue weighted by Crippen LogP contribution is 2.32. The Morgan fingerprint density at radius 2 is 1.91 bits per heavy atom. The highest BCUT2D eigenvalue weighted by Gasteiger charge is 2.28. The Balaban J connectivity index is 1.42. The molecule has 0 fully saturated rings. The molecule has 3 heterocycles. The number of carbonyl (C=O) groups excluding carboxylic acids is 1. The van der Waals surface area contributed by atoms with Crippen molar-refractivity contribution in [2.24, 2.45) is 0 Å². The minimum atomic E-state index is -3.34. The molecule has 1 aliphatic heterocycles.